The summed E-state index contributed by atoms with van der Waals surface area (Å²) in [6.45, 7) is 2.67. The zero-order valence-corrected chi connectivity index (χ0v) is 13.5. The summed E-state index contributed by atoms with van der Waals surface area (Å²) in [6, 6.07) is 0. The molecule has 2 atom stereocenters. The summed E-state index contributed by atoms with van der Waals surface area (Å²) < 4.78 is 72.2. The molecule has 0 aliphatic heterocycles. The SMILES string of the molecule is CC1[C-]=C(F)C(F)=C1F.CC1[C-]=C(F)C(F)=C1F.[Hf]. The van der Waals surface area contributed by atoms with Crippen LogP contribution in [0.25, 0.3) is 0 Å². The maximum absolute atomic E-state index is 12.1. The summed E-state index contributed by atoms with van der Waals surface area (Å²) in [6.07, 6.45) is 3.88. The van der Waals surface area contributed by atoms with Crippen molar-refractivity contribution in [2.24, 2.45) is 11.8 Å². The molecule has 2 aliphatic carbocycles. The Morgan fingerprint density at radius 1 is 0.684 bits per heavy atom. The average molecular weight is 445 g/mol. The van der Waals surface area contributed by atoms with Crippen molar-refractivity contribution < 1.29 is 52.2 Å². The molecule has 0 spiro atoms. The molecule has 2 aliphatic rings. The Hall–Kier alpha value is -0.590. The normalized spacial score (nSPS) is 25.7. The van der Waals surface area contributed by atoms with Crippen molar-refractivity contribution in [3.05, 3.63) is 47.1 Å². The van der Waals surface area contributed by atoms with Gasteiger partial charge in [0.15, 0.2) is 0 Å². The third kappa shape index (κ3) is 4.19. The first-order valence-electron chi connectivity index (χ1n) is 4.94. The van der Waals surface area contributed by atoms with Crippen molar-refractivity contribution in [3.63, 3.8) is 0 Å². The molecule has 0 N–H and O–H groups in total. The van der Waals surface area contributed by atoms with Crippen LogP contribution in [0, 0.1) is 24.0 Å². The first-order chi connectivity index (χ1) is 8.25. The van der Waals surface area contributed by atoms with Gasteiger partial charge in [-0.05, 0) is 11.7 Å². The van der Waals surface area contributed by atoms with Gasteiger partial charge in [-0.1, -0.05) is 25.7 Å². The van der Waals surface area contributed by atoms with E-state index in [1.807, 2.05) is 12.2 Å². The van der Waals surface area contributed by atoms with Gasteiger partial charge in [0.2, 0.25) is 0 Å². The van der Waals surface area contributed by atoms with Crippen LogP contribution in [0.1, 0.15) is 13.8 Å². The van der Waals surface area contributed by atoms with Crippen LogP contribution in [0.15, 0.2) is 35.0 Å². The van der Waals surface area contributed by atoms with Gasteiger partial charge in [0.25, 0.3) is 0 Å². The van der Waals surface area contributed by atoms with Crippen LogP contribution < -0.4 is 0 Å². The molecule has 0 bridgehead atoms. The van der Waals surface area contributed by atoms with E-state index in [4.69, 9.17) is 0 Å². The molecule has 0 saturated carbocycles. The van der Waals surface area contributed by atoms with Crippen LogP contribution in [-0.2, 0) is 25.8 Å². The predicted octanol–water partition coefficient (Wildman–Crippen LogP) is 4.88. The van der Waals surface area contributed by atoms with E-state index in [9.17, 15) is 26.3 Å². The fourth-order valence-corrected chi connectivity index (χ4v) is 1.22. The van der Waals surface area contributed by atoms with Crippen molar-refractivity contribution in [2.45, 2.75) is 13.8 Å². The number of allylic oxidation sites excluding steroid dienone is 8. The summed E-state index contributed by atoms with van der Waals surface area (Å²) >= 11 is 0. The van der Waals surface area contributed by atoms with Crippen molar-refractivity contribution in [2.75, 3.05) is 0 Å². The molecular formula is C12H8F6Hf-2. The van der Waals surface area contributed by atoms with Crippen molar-refractivity contribution in [1.29, 1.82) is 0 Å². The second-order valence-corrected chi connectivity index (χ2v) is 3.68. The van der Waals surface area contributed by atoms with Gasteiger partial charge in [0, 0.05) is 49.2 Å². The van der Waals surface area contributed by atoms with E-state index in [1.54, 1.807) is 0 Å². The van der Waals surface area contributed by atoms with E-state index in [0.29, 0.717) is 0 Å². The summed E-state index contributed by atoms with van der Waals surface area (Å²) in [7, 11) is 0. The molecule has 0 aromatic carbocycles. The Labute approximate surface area is 125 Å². The molecule has 0 saturated heterocycles. The Morgan fingerprint density at radius 2 is 0.947 bits per heavy atom. The van der Waals surface area contributed by atoms with Gasteiger partial charge >= 0.3 is 0 Å². The summed E-state index contributed by atoms with van der Waals surface area (Å²) in [5.74, 6) is -9.06. The van der Waals surface area contributed by atoms with Gasteiger partial charge in [-0.3, -0.25) is 0 Å². The van der Waals surface area contributed by atoms with Crippen molar-refractivity contribution in [3.8, 4) is 0 Å². The van der Waals surface area contributed by atoms with E-state index in [1.165, 1.54) is 13.8 Å². The minimum atomic E-state index is -1.40. The zero-order chi connectivity index (χ0) is 14.0. The minimum absolute atomic E-state index is 0. The third-order valence-electron chi connectivity index (χ3n) is 2.25. The number of halogens is 6. The van der Waals surface area contributed by atoms with Gasteiger partial charge in [0.1, 0.15) is 0 Å². The molecule has 0 fully saturated rings. The van der Waals surface area contributed by atoms with Crippen LogP contribution in [-0.4, -0.2) is 0 Å². The second-order valence-electron chi connectivity index (χ2n) is 3.68. The van der Waals surface area contributed by atoms with Gasteiger partial charge in [0.05, 0.1) is 0 Å². The van der Waals surface area contributed by atoms with Crippen LogP contribution in [0.2, 0.25) is 0 Å². The topological polar surface area (TPSA) is 0 Å². The molecule has 104 valence electrons. The quantitative estimate of drug-likeness (QED) is 0.284. The first kappa shape index (κ1) is 18.4. The van der Waals surface area contributed by atoms with E-state index in [2.05, 4.69) is 0 Å². The Kier molecular flexibility index (Phi) is 7.04. The van der Waals surface area contributed by atoms with E-state index >= 15 is 0 Å². The first-order valence-corrected chi connectivity index (χ1v) is 4.94. The van der Waals surface area contributed by atoms with Crippen LogP contribution in [0.5, 0.6) is 0 Å². The largest absolute Gasteiger partial charge is 0.315 e. The summed E-state index contributed by atoms with van der Waals surface area (Å²) in [4.78, 5) is 0. The summed E-state index contributed by atoms with van der Waals surface area (Å²) in [5, 5.41) is 0. The Morgan fingerprint density at radius 3 is 1.00 bits per heavy atom. The second kappa shape index (κ2) is 7.26. The maximum atomic E-state index is 12.1. The maximum Gasteiger partial charge on any atom is 0.0455 e. The van der Waals surface area contributed by atoms with E-state index < -0.39 is 46.8 Å². The van der Waals surface area contributed by atoms with E-state index in [0.717, 1.165) is 0 Å². The van der Waals surface area contributed by atoms with Crippen LogP contribution in [0.3, 0.4) is 0 Å². The Bertz CT molecular complexity index is 431. The van der Waals surface area contributed by atoms with Crippen LogP contribution >= 0.6 is 0 Å². The molecule has 0 aromatic heterocycles. The smallest absolute Gasteiger partial charge is 0.0455 e. The molecule has 19 heavy (non-hydrogen) atoms. The van der Waals surface area contributed by atoms with Gasteiger partial charge in [-0.25, -0.2) is 29.7 Å². The number of hydrogen-bond acceptors (Lipinski definition) is 0. The molecular weight excluding hydrogens is 437 g/mol. The van der Waals surface area contributed by atoms with Crippen molar-refractivity contribution >= 4 is 0 Å². The fraction of sp³-hybridized carbons (Fsp3) is 0.333. The third-order valence-corrected chi connectivity index (χ3v) is 2.25. The minimum Gasteiger partial charge on any atom is -0.315 e. The average Bonchev–Trinajstić information content (AvgIpc) is 2.66. The molecule has 0 heterocycles. The monoisotopic (exact) mass is 446 g/mol. The molecule has 0 radical (unpaired) electrons. The summed E-state index contributed by atoms with van der Waals surface area (Å²) in [5.41, 5.74) is 0. The predicted molar refractivity (Wildman–Crippen MR) is 52.5 cm³/mol. The molecule has 0 nitrogen and oxygen atoms in total. The van der Waals surface area contributed by atoms with Crippen molar-refractivity contribution in [1.82, 2.24) is 0 Å². The van der Waals surface area contributed by atoms with E-state index in [-0.39, 0.29) is 25.8 Å². The number of hydrogen-bond donors (Lipinski definition) is 0. The zero-order valence-electron chi connectivity index (χ0n) is 9.92. The molecule has 2 unspecified atom stereocenters. The van der Waals surface area contributed by atoms with Gasteiger partial charge in [-0.2, -0.15) is 0 Å². The molecule has 0 amide bonds. The fourth-order valence-electron chi connectivity index (χ4n) is 1.22. The number of rotatable bonds is 0. The van der Waals surface area contributed by atoms with Crippen LogP contribution in [0.4, 0.5) is 26.3 Å². The van der Waals surface area contributed by atoms with Gasteiger partial charge < -0.3 is 8.78 Å². The molecule has 7 heteroatoms. The molecule has 0 aromatic rings. The molecule has 2 rings (SSSR count). The standard InChI is InChI=1S/2C6H4F3.Hf/c2*1-3-2-4(7)6(9)5(3)8;/h2*3H,1H3;/q2*-1;. The van der Waals surface area contributed by atoms with Gasteiger partial charge in [-0.15, -0.1) is 0 Å². The Balaban J connectivity index is 0.000000324.